The highest BCUT2D eigenvalue weighted by atomic mass is 32.1. The molecule has 3 heterocycles. The van der Waals surface area contributed by atoms with Gasteiger partial charge in [-0.1, -0.05) is 0 Å². The van der Waals surface area contributed by atoms with Crippen molar-refractivity contribution >= 4 is 38.7 Å². The summed E-state index contributed by atoms with van der Waals surface area (Å²) in [5, 5.41) is 6.46. The van der Waals surface area contributed by atoms with Gasteiger partial charge in [0.25, 0.3) is 0 Å². The number of hydrogen-bond donors (Lipinski definition) is 1. The SMILES string of the molecule is Cc1ncsc1CNc1ncnc2sccc12. The summed E-state index contributed by atoms with van der Waals surface area (Å²) in [6, 6.07) is 2.04. The van der Waals surface area contributed by atoms with Crippen molar-refractivity contribution in [3.8, 4) is 0 Å². The monoisotopic (exact) mass is 262 g/mol. The van der Waals surface area contributed by atoms with Gasteiger partial charge in [-0.2, -0.15) is 0 Å². The molecule has 0 unspecified atom stereocenters. The lowest BCUT2D eigenvalue weighted by molar-refractivity contribution is 1.09. The van der Waals surface area contributed by atoms with Crippen molar-refractivity contribution in [2.24, 2.45) is 0 Å². The molecule has 3 rings (SSSR count). The van der Waals surface area contributed by atoms with E-state index in [1.54, 1.807) is 29.0 Å². The van der Waals surface area contributed by atoms with Crippen LogP contribution in [0.3, 0.4) is 0 Å². The predicted molar refractivity (Wildman–Crippen MR) is 71.6 cm³/mol. The number of thiophene rings is 1. The number of thiazole rings is 1. The molecule has 0 radical (unpaired) electrons. The van der Waals surface area contributed by atoms with Gasteiger partial charge in [0, 0.05) is 4.88 Å². The molecule has 4 nitrogen and oxygen atoms in total. The maximum atomic E-state index is 4.28. The summed E-state index contributed by atoms with van der Waals surface area (Å²) >= 11 is 3.29. The summed E-state index contributed by atoms with van der Waals surface area (Å²) in [6.07, 6.45) is 1.60. The Hall–Kier alpha value is -1.53. The van der Waals surface area contributed by atoms with Gasteiger partial charge < -0.3 is 5.32 Å². The molecule has 17 heavy (non-hydrogen) atoms. The Kier molecular flexibility index (Phi) is 2.74. The van der Waals surface area contributed by atoms with Crippen molar-refractivity contribution in [1.29, 1.82) is 0 Å². The molecule has 0 saturated carbocycles. The third kappa shape index (κ3) is 2.01. The van der Waals surface area contributed by atoms with Crippen LogP contribution in [0, 0.1) is 6.92 Å². The lowest BCUT2D eigenvalue weighted by atomic mass is 10.3. The van der Waals surface area contributed by atoms with Gasteiger partial charge in [0.15, 0.2) is 0 Å². The standard InChI is InChI=1S/C11H10N4S2/c1-7-9(17-6-15-7)4-12-10-8-2-3-16-11(8)14-5-13-10/h2-3,5-6H,4H2,1H3,(H,12,13,14). The molecular formula is C11H10N4S2. The van der Waals surface area contributed by atoms with E-state index in [-0.39, 0.29) is 0 Å². The second-order valence-corrected chi connectivity index (χ2v) is 5.41. The Morgan fingerprint density at radius 1 is 1.24 bits per heavy atom. The van der Waals surface area contributed by atoms with E-state index in [0.717, 1.165) is 28.3 Å². The van der Waals surface area contributed by atoms with Crippen LogP contribution in [0.25, 0.3) is 10.2 Å². The zero-order chi connectivity index (χ0) is 11.7. The summed E-state index contributed by atoms with van der Waals surface area (Å²) in [7, 11) is 0. The molecular weight excluding hydrogens is 252 g/mol. The molecule has 0 bridgehead atoms. The van der Waals surface area contributed by atoms with Crippen LogP contribution < -0.4 is 5.32 Å². The first kappa shape index (κ1) is 10.6. The normalized spacial score (nSPS) is 10.9. The first-order chi connectivity index (χ1) is 8.34. The van der Waals surface area contributed by atoms with Crippen LogP contribution in [-0.2, 0) is 6.54 Å². The molecule has 3 aromatic heterocycles. The minimum Gasteiger partial charge on any atom is -0.364 e. The van der Waals surface area contributed by atoms with Gasteiger partial charge in [-0.25, -0.2) is 15.0 Å². The zero-order valence-electron chi connectivity index (χ0n) is 9.17. The fraction of sp³-hybridized carbons (Fsp3) is 0.182. The van der Waals surface area contributed by atoms with Crippen LogP contribution >= 0.6 is 22.7 Å². The number of anilines is 1. The molecule has 0 spiro atoms. The Balaban J connectivity index is 1.86. The predicted octanol–water partition coefficient (Wildman–Crippen LogP) is 3.07. The molecule has 0 aliphatic carbocycles. The second kappa shape index (κ2) is 4.38. The molecule has 1 N–H and O–H groups in total. The number of nitrogens with one attached hydrogen (secondary N) is 1. The number of aryl methyl sites for hydroxylation is 1. The molecule has 0 saturated heterocycles. The van der Waals surface area contributed by atoms with Gasteiger partial charge in [0.05, 0.1) is 23.1 Å². The quantitative estimate of drug-likeness (QED) is 0.788. The summed E-state index contributed by atoms with van der Waals surface area (Å²) in [5.74, 6) is 0.893. The summed E-state index contributed by atoms with van der Waals surface area (Å²) in [5.41, 5.74) is 2.95. The van der Waals surface area contributed by atoms with Gasteiger partial charge in [-0.05, 0) is 18.4 Å². The largest absolute Gasteiger partial charge is 0.364 e. The molecule has 0 amide bonds. The minimum absolute atomic E-state index is 0.762. The van der Waals surface area contributed by atoms with Gasteiger partial charge >= 0.3 is 0 Å². The van der Waals surface area contributed by atoms with E-state index >= 15 is 0 Å². The first-order valence-electron chi connectivity index (χ1n) is 5.15. The summed E-state index contributed by atoms with van der Waals surface area (Å²) in [4.78, 5) is 15.0. The van der Waals surface area contributed by atoms with Crippen LogP contribution in [0.2, 0.25) is 0 Å². The highest BCUT2D eigenvalue weighted by Gasteiger charge is 2.06. The van der Waals surface area contributed by atoms with Crippen LogP contribution in [0.1, 0.15) is 10.6 Å². The number of hydrogen-bond acceptors (Lipinski definition) is 6. The van der Waals surface area contributed by atoms with E-state index in [0.29, 0.717) is 0 Å². The fourth-order valence-electron chi connectivity index (χ4n) is 1.59. The number of rotatable bonds is 3. The van der Waals surface area contributed by atoms with Crippen molar-refractivity contribution in [3.05, 3.63) is 33.9 Å². The summed E-state index contributed by atoms with van der Waals surface area (Å²) < 4.78 is 0. The molecule has 0 atom stereocenters. The second-order valence-electron chi connectivity index (χ2n) is 3.58. The average Bonchev–Trinajstić information content (AvgIpc) is 2.95. The molecule has 6 heteroatoms. The van der Waals surface area contributed by atoms with Crippen LogP contribution in [0.4, 0.5) is 5.82 Å². The Labute approximate surface area is 106 Å². The molecule has 0 aromatic carbocycles. The molecule has 0 aliphatic heterocycles. The molecule has 86 valence electrons. The van der Waals surface area contributed by atoms with Crippen molar-refractivity contribution < 1.29 is 0 Å². The molecule has 0 aliphatic rings. The number of nitrogens with zero attached hydrogens (tertiary/aromatic N) is 3. The van der Waals surface area contributed by atoms with E-state index in [1.807, 2.05) is 23.9 Å². The van der Waals surface area contributed by atoms with Gasteiger partial charge in [0.2, 0.25) is 0 Å². The molecule has 0 fully saturated rings. The lowest BCUT2D eigenvalue weighted by Crippen LogP contribution is -2.01. The van der Waals surface area contributed by atoms with E-state index < -0.39 is 0 Å². The third-order valence-corrected chi connectivity index (χ3v) is 4.28. The highest BCUT2D eigenvalue weighted by molar-refractivity contribution is 7.16. The third-order valence-electron chi connectivity index (χ3n) is 2.52. The molecule has 3 aromatic rings. The van der Waals surface area contributed by atoms with Gasteiger partial charge in [-0.15, -0.1) is 22.7 Å². The maximum absolute atomic E-state index is 4.28. The van der Waals surface area contributed by atoms with Gasteiger partial charge in [0.1, 0.15) is 17.0 Å². The van der Waals surface area contributed by atoms with Crippen LogP contribution in [0.15, 0.2) is 23.3 Å². The fourth-order valence-corrected chi connectivity index (χ4v) is 3.04. The van der Waals surface area contributed by atoms with Gasteiger partial charge in [-0.3, -0.25) is 0 Å². The number of aromatic nitrogens is 3. The zero-order valence-corrected chi connectivity index (χ0v) is 10.8. The van der Waals surface area contributed by atoms with Crippen LogP contribution in [-0.4, -0.2) is 15.0 Å². The van der Waals surface area contributed by atoms with Crippen molar-refractivity contribution in [2.75, 3.05) is 5.32 Å². The van der Waals surface area contributed by atoms with Crippen molar-refractivity contribution in [3.63, 3.8) is 0 Å². The maximum Gasteiger partial charge on any atom is 0.138 e. The number of fused-ring (bicyclic) bond motifs is 1. The smallest absolute Gasteiger partial charge is 0.138 e. The van der Waals surface area contributed by atoms with Crippen LogP contribution in [0.5, 0.6) is 0 Å². The lowest BCUT2D eigenvalue weighted by Gasteiger charge is -2.04. The van der Waals surface area contributed by atoms with Crippen molar-refractivity contribution in [1.82, 2.24) is 15.0 Å². The Morgan fingerprint density at radius 2 is 2.18 bits per heavy atom. The van der Waals surface area contributed by atoms with E-state index in [1.165, 1.54) is 4.88 Å². The van der Waals surface area contributed by atoms with E-state index in [9.17, 15) is 0 Å². The van der Waals surface area contributed by atoms with E-state index in [2.05, 4.69) is 20.3 Å². The average molecular weight is 262 g/mol. The highest BCUT2D eigenvalue weighted by Crippen LogP contribution is 2.24. The topological polar surface area (TPSA) is 50.7 Å². The Bertz CT molecular complexity index is 644. The summed E-state index contributed by atoms with van der Waals surface area (Å²) in [6.45, 7) is 2.78. The Morgan fingerprint density at radius 3 is 3.00 bits per heavy atom. The first-order valence-corrected chi connectivity index (χ1v) is 6.91. The minimum atomic E-state index is 0.762. The van der Waals surface area contributed by atoms with Crippen molar-refractivity contribution in [2.45, 2.75) is 13.5 Å². The van der Waals surface area contributed by atoms with E-state index in [4.69, 9.17) is 0 Å².